The third kappa shape index (κ3) is 3.30. The maximum absolute atomic E-state index is 4.48. The van der Waals surface area contributed by atoms with Gasteiger partial charge < -0.3 is 0 Å². The molecule has 1 aliphatic heterocycles. The number of rotatable bonds is 5. The van der Waals surface area contributed by atoms with Crippen molar-refractivity contribution in [3.63, 3.8) is 0 Å². The number of hydrogen-bond donors (Lipinski definition) is 0. The van der Waals surface area contributed by atoms with Crippen molar-refractivity contribution in [2.24, 2.45) is 0 Å². The number of aromatic nitrogens is 5. The van der Waals surface area contributed by atoms with Crippen LogP contribution in [0.3, 0.4) is 0 Å². The Kier molecular flexibility index (Phi) is 4.12. The van der Waals surface area contributed by atoms with Gasteiger partial charge in [-0.05, 0) is 48.2 Å². The lowest BCUT2D eigenvalue weighted by molar-refractivity contribution is 0.213. The predicted molar refractivity (Wildman–Crippen MR) is 88.8 cm³/mol. The van der Waals surface area contributed by atoms with Gasteiger partial charge in [0, 0.05) is 23.7 Å². The molecule has 0 radical (unpaired) electrons. The van der Waals surface area contributed by atoms with Gasteiger partial charge in [0.2, 0.25) is 5.82 Å². The zero-order chi connectivity index (χ0) is 15.5. The van der Waals surface area contributed by atoms with Crippen LogP contribution in [0.25, 0.3) is 11.5 Å². The van der Waals surface area contributed by atoms with Gasteiger partial charge in [-0.25, -0.2) is 0 Å². The van der Waals surface area contributed by atoms with Crippen LogP contribution in [0.1, 0.15) is 17.7 Å². The highest BCUT2D eigenvalue weighted by Gasteiger charge is 2.26. The van der Waals surface area contributed by atoms with E-state index in [2.05, 4.69) is 42.8 Å². The minimum absolute atomic E-state index is 0.475. The van der Waals surface area contributed by atoms with Gasteiger partial charge in [0.05, 0.1) is 6.54 Å². The van der Waals surface area contributed by atoms with Crippen LogP contribution in [0.15, 0.2) is 41.9 Å². The molecule has 0 aliphatic carbocycles. The molecule has 6 nitrogen and oxygen atoms in total. The Balaban J connectivity index is 1.44. The van der Waals surface area contributed by atoms with Gasteiger partial charge in [-0.3, -0.25) is 9.88 Å². The molecular weight excluding hydrogens is 308 g/mol. The fourth-order valence-electron chi connectivity index (χ4n) is 3.02. The summed E-state index contributed by atoms with van der Waals surface area (Å²) < 4.78 is 0. The molecule has 1 saturated heterocycles. The Bertz CT molecular complexity index is 739. The molecule has 7 heteroatoms. The molecule has 0 spiro atoms. The number of nitrogens with zero attached hydrogens (tertiary/aromatic N) is 6. The Labute approximate surface area is 138 Å². The zero-order valence-corrected chi connectivity index (χ0v) is 13.6. The average Bonchev–Trinajstić information content (AvgIpc) is 3.33. The average molecular weight is 326 g/mol. The standard InChI is InChI=1S/C16H18N6S/c1-2-8-17-15(7-1)16-18-20-22(19-16)11-13-5-3-9-21(13)12-14-6-4-10-23-14/h1-2,4,6-8,10,13H,3,5,9,11-12H2/t13-/m0/s1. The van der Waals surface area contributed by atoms with Gasteiger partial charge in [0.1, 0.15) is 5.69 Å². The summed E-state index contributed by atoms with van der Waals surface area (Å²) in [6.07, 6.45) is 4.17. The van der Waals surface area contributed by atoms with Crippen molar-refractivity contribution in [2.45, 2.75) is 32.0 Å². The van der Waals surface area contributed by atoms with Crippen LogP contribution in [-0.4, -0.2) is 42.7 Å². The number of thiophene rings is 1. The Hall–Kier alpha value is -2.12. The van der Waals surface area contributed by atoms with E-state index in [1.54, 1.807) is 11.0 Å². The summed E-state index contributed by atoms with van der Waals surface area (Å²) in [6.45, 7) is 2.94. The van der Waals surface area contributed by atoms with Crippen LogP contribution in [0, 0.1) is 0 Å². The molecule has 4 rings (SSSR count). The van der Waals surface area contributed by atoms with Crippen LogP contribution in [-0.2, 0) is 13.1 Å². The quantitative estimate of drug-likeness (QED) is 0.721. The van der Waals surface area contributed by atoms with Crippen molar-refractivity contribution in [2.75, 3.05) is 6.54 Å². The molecule has 3 aromatic heterocycles. The lowest BCUT2D eigenvalue weighted by Gasteiger charge is -2.22. The third-order valence-corrected chi connectivity index (χ3v) is 5.02. The third-order valence-electron chi connectivity index (χ3n) is 4.16. The Morgan fingerprint density at radius 2 is 2.22 bits per heavy atom. The first-order valence-electron chi connectivity index (χ1n) is 7.84. The van der Waals surface area contributed by atoms with Gasteiger partial charge in [-0.1, -0.05) is 12.1 Å². The van der Waals surface area contributed by atoms with E-state index in [1.165, 1.54) is 17.7 Å². The van der Waals surface area contributed by atoms with Crippen LogP contribution < -0.4 is 0 Å². The first-order chi connectivity index (χ1) is 11.4. The summed E-state index contributed by atoms with van der Waals surface area (Å²) in [6, 6.07) is 10.5. The molecule has 0 aromatic carbocycles. The fraction of sp³-hybridized carbons (Fsp3) is 0.375. The number of tetrazole rings is 1. The molecule has 0 N–H and O–H groups in total. The van der Waals surface area contributed by atoms with E-state index in [0.29, 0.717) is 11.9 Å². The highest BCUT2D eigenvalue weighted by Crippen LogP contribution is 2.23. The molecule has 1 aliphatic rings. The molecule has 0 saturated carbocycles. The highest BCUT2D eigenvalue weighted by atomic mass is 32.1. The van der Waals surface area contributed by atoms with E-state index < -0.39 is 0 Å². The summed E-state index contributed by atoms with van der Waals surface area (Å²) >= 11 is 1.82. The van der Waals surface area contributed by atoms with Gasteiger partial charge in [0.15, 0.2) is 0 Å². The van der Waals surface area contributed by atoms with Gasteiger partial charge >= 0.3 is 0 Å². The van der Waals surface area contributed by atoms with Crippen molar-refractivity contribution in [1.29, 1.82) is 0 Å². The molecule has 0 amide bonds. The molecule has 1 atom stereocenters. The Morgan fingerprint density at radius 1 is 1.22 bits per heavy atom. The van der Waals surface area contributed by atoms with Crippen molar-refractivity contribution < 1.29 is 0 Å². The number of pyridine rings is 1. The smallest absolute Gasteiger partial charge is 0.223 e. The minimum atomic E-state index is 0.475. The van der Waals surface area contributed by atoms with E-state index in [1.807, 2.05) is 29.5 Å². The van der Waals surface area contributed by atoms with E-state index >= 15 is 0 Å². The van der Waals surface area contributed by atoms with Crippen LogP contribution in [0.5, 0.6) is 0 Å². The van der Waals surface area contributed by atoms with Crippen molar-refractivity contribution in [1.82, 2.24) is 30.1 Å². The van der Waals surface area contributed by atoms with Gasteiger partial charge in [0.25, 0.3) is 0 Å². The van der Waals surface area contributed by atoms with Crippen molar-refractivity contribution >= 4 is 11.3 Å². The van der Waals surface area contributed by atoms with Crippen LogP contribution in [0.2, 0.25) is 0 Å². The van der Waals surface area contributed by atoms with E-state index in [-0.39, 0.29) is 0 Å². The second kappa shape index (κ2) is 6.55. The maximum atomic E-state index is 4.48. The summed E-state index contributed by atoms with van der Waals surface area (Å²) in [5.41, 5.74) is 0.764. The summed E-state index contributed by atoms with van der Waals surface area (Å²) in [4.78, 5) is 9.92. The predicted octanol–water partition coefficient (Wildman–Crippen LogP) is 2.46. The molecule has 3 aromatic rings. The lowest BCUT2D eigenvalue weighted by Crippen LogP contribution is -2.33. The number of hydrogen-bond acceptors (Lipinski definition) is 6. The summed E-state index contributed by atoms with van der Waals surface area (Å²) in [7, 11) is 0. The summed E-state index contributed by atoms with van der Waals surface area (Å²) in [5.74, 6) is 0.591. The molecule has 0 bridgehead atoms. The minimum Gasteiger partial charge on any atom is -0.293 e. The zero-order valence-electron chi connectivity index (χ0n) is 12.7. The molecule has 1 fully saturated rings. The van der Waals surface area contributed by atoms with Crippen LogP contribution in [0.4, 0.5) is 0 Å². The van der Waals surface area contributed by atoms with E-state index in [9.17, 15) is 0 Å². The van der Waals surface area contributed by atoms with E-state index in [4.69, 9.17) is 0 Å². The van der Waals surface area contributed by atoms with Crippen molar-refractivity contribution in [3.8, 4) is 11.5 Å². The first-order valence-corrected chi connectivity index (χ1v) is 8.72. The first kappa shape index (κ1) is 14.5. The SMILES string of the molecule is c1ccc(-c2nnn(C[C@@H]3CCCN3Cc3cccs3)n2)nc1. The topological polar surface area (TPSA) is 59.7 Å². The van der Waals surface area contributed by atoms with Gasteiger partial charge in [-0.15, -0.1) is 21.5 Å². The van der Waals surface area contributed by atoms with Crippen molar-refractivity contribution in [3.05, 3.63) is 46.8 Å². The van der Waals surface area contributed by atoms with Gasteiger partial charge in [-0.2, -0.15) is 4.80 Å². The summed E-state index contributed by atoms with van der Waals surface area (Å²) in [5, 5.41) is 15.0. The monoisotopic (exact) mass is 326 g/mol. The highest BCUT2D eigenvalue weighted by molar-refractivity contribution is 7.09. The maximum Gasteiger partial charge on any atom is 0.223 e. The largest absolute Gasteiger partial charge is 0.293 e. The normalized spacial score (nSPS) is 18.5. The number of likely N-dealkylation sites (tertiary alicyclic amines) is 1. The fourth-order valence-corrected chi connectivity index (χ4v) is 3.75. The van der Waals surface area contributed by atoms with Crippen LogP contribution >= 0.6 is 11.3 Å². The molecule has 118 valence electrons. The lowest BCUT2D eigenvalue weighted by atomic mass is 10.2. The molecule has 23 heavy (non-hydrogen) atoms. The molecular formula is C16H18N6S. The van der Waals surface area contributed by atoms with E-state index in [0.717, 1.165) is 25.3 Å². The second-order valence-electron chi connectivity index (χ2n) is 5.73. The second-order valence-corrected chi connectivity index (χ2v) is 6.76. The molecule has 0 unspecified atom stereocenters. The molecule has 4 heterocycles. The Morgan fingerprint density at radius 3 is 3.04 bits per heavy atom.